The van der Waals surface area contributed by atoms with Gasteiger partial charge in [-0.15, -0.1) is 0 Å². The van der Waals surface area contributed by atoms with Crippen LogP contribution in [0.3, 0.4) is 0 Å². The Balaban J connectivity index is 2.67. The van der Waals surface area contributed by atoms with E-state index in [9.17, 15) is 4.79 Å². The van der Waals surface area contributed by atoms with E-state index in [2.05, 4.69) is 21.2 Å². The van der Waals surface area contributed by atoms with Gasteiger partial charge in [0.2, 0.25) is 0 Å². The number of nitrogens with two attached hydrogens (primary N) is 1. The third-order valence-electron chi connectivity index (χ3n) is 2.70. The summed E-state index contributed by atoms with van der Waals surface area (Å²) in [4.78, 5) is 14.0. The van der Waals surface area contributed by atoms with Crippen molar-refractivity contribution in [2.75, 3.05) is 26.4 Å². The topological polar surface area (TPSA) is 58.4 Å². The Kier molecular flexibility index (Phi) is 4.96. The molecule has 0 saturated heterocycles. The van der Waals surface area contributed by atoms with Gasteiger partial charge in [0.15, 0.2) is 0 Å². The predicted octanol–water partition coefficient (Wildman–Crippen LogP) is 1.71. The normalized spacial score (nSPS) is 12.5. The quantitative estimate of drug-likeness (QED) is 0.832. The number of carbonyl (C=O) groups excluding carboxylic acids is 1. The molecule has 0 fully saturated rings. The van der Waals surface area contributed by atoms with Crippen molar-refractivity contribution in [1.82, 2.24) is 10.2 Å². The number of carbonyl (C=O) groups is 1. The van der Waals surface area contributed by atoms with Gasteiger partial charge in [-0.2, -0.15) is 0 Å². The molecule has 1 amide bonds. The van der Waals surface area contributed by atoms with Crippen LogP contribution in [0.1, 0.15) is 17.3 Å². The summed E-state index contributed by atoms with van der Waals surface area (Å²) >= 11 is 3.32. The summed E-state index contributed by atoms with van der Waals surface area (Å²) in [6.45, 7) is 2.64. The highest BCUT2D eigenvalue weighted by molar-refractivity contribution is 9.10. The van der Waals surface area contributed by atoms with E-state index in [0.29, 0.717) is 17.8 Å². The molecule has 1 rings (SSSR count). The van der Waals surface area contributed by atoms with Crippen LogP contribution < -0.4 is 11.1 Å². The zero-order chi connectivity index (χ0) is 13.0. The minimum Gasteiger partial charge on any atom is -0.398 e. The highest BCUT2D eigenvalue weighted by Gasteiger charge is 2.12. The van der Waals surface area contributed by atoms with E-state index in [1.807, 2.05) is 32.0 Å². The molecular formula is C12H18BrN3O. The molecule has 17 heavy (non-hydrogen) atoms. The average molecular weight is 300 g/mol. The Morgan fingerprint density at radius 1 is 1.53 bits per heavy atom. The number of anilines is 1. The van der Waals surface area contributed by atoms with E-state index in [1.54, 1.807) is 12.1 Å². The van der Waals surface area contributed by atoms with Crippen molar-refractivity contribution in [3.8, 4) is 0 Å². The van der Waals surface area contributed by atoms with Gasteiger partial charge in [0.1, 0.15) is 0 Å². The van der Waals surface area contributed by atoms with Crippen molar-refractivity contribution in [3.05, 3.63) is 28.2 Å². The first-order valence-electron chi connectivity index (χ1n) is 5.41. The Hall–Kier alpha value is -1.07. The zero-order valence-electron chi connectivity index (χ0n) is 10.3. The minimum atomic E-state index is -0.141. The molecular weight excluding hydrogens is 282 g/mol. The second-order valence-electron chi connectivity index (χ2n) is 4.25. The lowest BCUT2D eigenvalue weighted by atomic mass is 10.1. The van der Waals surface area contributed by atoms with Crippen LogP contribution >= 0.6 is 15.9 Å². The molecule has 4 nitrogen and oxygen atoms in total. The summed E-state index contributed by atoms with van der Waals surface area (Å²) in [6.07, 6.45) is 0. The third kappa shape index (κ3) is 4.02. The number of rotatable bonds is 4. The van der Waals surface area contributed by atoms with Crippen LogP contribution in [-0.2, 0) is 0 Å². The summed E-state index contributed by atoms with van der Waals surface area (Å²) in [7, 11) is 3.95. The maximum atomic E-state index is 11.9. The van der Waals surface area contributed by atoms with E-state index < -0.39 is 0 Å². The molecule has 1 aromatic carbocycles. The van der Waals surface area contributed by atoms with Gasteiger partial charge in [0.05, 0.1) is 5.56 Å². The lowest BCUT2D eigenvalue weighted by Crippen LogP contribution is -2.38. The van der Waals surface area contributed by atoms with E-state index in [4.69, 9.17) is 5.73 Å². The first-order valence-corrected chi connectivity index (χ1v) is 6.20. The maximum absolute atomic E-state index is 11.9. The summed E-state index contributed by atoms with van der Waals surface area (Å²) < 4.78 is 0.845. The lowest BCUT2D eigenvalue weighted by Gasteiger charge is -2.20. The fourth-order valence-corrected chi connectivity index (χ4v) is 1.60. The van der Waals surface area contributed by atoms with Gasteiger partial charge in [-0.3, -0.25) is 4.79 Å². The zero-order valence-corrected chi connectivity index (χ0v) is 11.9. The van der Waals surface area contributed by atoms with Gasteiger partial charge < -0.3 is 16.0 Å². The molecule has 1 atom stereocenters. The second-order valence-corrected chi connectivity index (χ2v) is 5.17. The van der Waals surface area contributed by atoms with Crippen LogP contribution in [0.4, 0.5) is 5.69 Å². The molecule has 0 aliphatic rings. The van der Waals surface area contributed by atoms with Gasteiger partial charge in [-0.1, -0.05) is 15.9 Å². The third-order valence-corrected chi connectivity index (χ3v) is 3.19. The van der Waals surface area contributed by atoms with Gasteiger partial charge in [0.25, 0.3) is 5.91 Å². The SMILES string of the molecule is CC(CNC(=O)c1cc(Br)ccc1N)N(C)C. The average Bonchev–Trinajstić information content (AvgIpc) is 2.28. The molecule has 1 aromatic rings. The second kappa shape index (κ2) is 6.02. The Labute approximate surface area is 110 Å². The largest absolute Gasteiger partial charge is 0.398 e. The maximum Gasteiger partial charge on any atom is 0.253 e. The molecule has 1 unspecified atom stereocenters. The van der Waals surface area contributed by atoms with Crippen molar-refractivity contribution in [3.63, 3.8) is 0 Å². The van der Waals surface area contributed by atoms with Crippen molar-refractivity contribution in [1.29, 1.82) is 0 Å². The van der Waals surface area contributed by atoms with Crippen molar-refractivity contribution in [2.45, 2.75) is 13.0 Å². The predicted molar refractivity (Wildman–Crippen MR) is 74.0 cm³/mol. The lowest BCUT2D eigenvalue weighted by molar-refractivity contribution is 0.0944. The highest BCUT2D eigenvalue weighted by atomic mass is 79.9. The van der Waals surface area contributed by atoms with Crippen LogP contribution in [0.15, 0.2) is 22.7 Å². The first-order chi connectivity index (χ1) is 7.91. The molecule has 0 heterocycles. The van der Waals surface area contributed by atoms with Crippen LogP contribution in [0, 0.1) is 0 Å². The van der Waals surface area contributed by atoms with Gasteiger partial charge in [-0.25, -0.2) is 0 Å². The minimum absolute atomic E-state index is 0.141. The number of nitrogens with one attached hydrogen (secondary N) is 1. The van der Waals surface area contributed by atoms with Crippen LogP contribution in [-0.4, -0.2) is 37.5 Å². The van der Waals surface area contributed by atoms with Crippen LogP contribution in [0.2, 0.25) is 0 Å². The van der Waals surface area contributed by atoms with Crippen LogP contribution in [0.25, 0.3) is 0 Å². The van der Waals surface area contributed by atoms with E-state index in [-0.39, 0.29) is 11.9 Å². The summed E-state index contributed by atoms with van der Waals surface area (Å²) in [5.41, 5.74) is 6.76. The fourth-order valence-electron chi connectivity index (χ4n) is 1.24. The number of likely N-dealkylation sites (N-methyl/N-ethyl adjacent to an activating group) is 1. The molecule has 3 N–H and O–H groups in total. The first kappa shape index (κ1) is 14.0. The summed E-state index contributed by atoms with van der Waals surface area (Å²) in [5.74, 6) is -0.141. The summed E-state index contributed by atoms with van der Waals surface area (Å²) in [5, 5.41) is 2.87. The molecule has 0 saturated carbocycles. The monoisotopic (exact) mass is 299 g/mol. The molecule has 0 spiro atoms. The molecule has 0 aliphatic heterocycles. The smallest absolute Gasteiger partial charge is 0.253 e. The van der Waals surface area contributed by atoms with Crippen molar-refractivity contribution >= 4 is 27.5 Å². The number of hydrogen-bond donors (Lipinski definition) is 2. The van der Waals surface area contributed by atoms with E-state index in [1.165, 1.54) is 0 Å². The van der Waals surface area contributed by atoms with Gasteiger partial charge in [0, 0.05) is 22.7 Å². The standard InChI is InChI=1S/C12H18BrN3O/c1-8(16(2)3)7-15-12(17)10-6-9(13)4-5-11(10)14/h4-6,8H,7,14H2,1-3H3,(H,15,17). The van der Waals surface area contributed by atoms with Crippen molar-refractivity contribution < 1.29 is 4.79 Å². The van der Waals surface area contributed by atoms with Gasteiger partial charge in [-0.05, 0) is 39.2 Å². The van der Waals surface area contributed by atoms with E-state index >= 15 is 0 Å². The fraction of sp³-hybridized carbons (Fsp3) is 0.417. The number of halogens is 1. The molecule has 0 aromatic heterocycles. The number of amides is 1. The number of nitrogens with zero attached hydrogens (tertiary/aromatic N) is 1. The molecule has 0 bridgehead atoms. The van der Waals surface area contributed by atoms with Crippen molar-refractivity contribution in [2.24, 2.45) is 0 Å². The summed E-state index contributed by atoms with van der Waals surface area (Å²) in [6, 6.07) is 5.54. The number of hydrogen-bond acceptors (Lipinski definition) is 3. The van der Waals surface area contributed by atoms with E-state index in [0.717, 1.165) is 4.47 Å². The number of nitrogen functional groups attached to an aromatic ring is 1. The molecule has 0 radical (unpaired) electrons. The Bertz CT molecular complexity index is 407. The molecule has 0 aliphatic carbocycles. The number of benzene rings is 1. The molecule has 5 heteroatoms. The Morgan fingerprint density at radius 2 is 2.18 bits per heavy atom. The highest BCUT2D eigenvalue weighted by Crippen LogP contribution is 2.18. The van der Waals surface area contributed by atoms with Gasteiger partial charge >= 0.3 is 0 Å². The molecule has 94 valence electrons. The van der Waals surface area contributed by atoms with Crippen LogP contribution in [0.5, 0.6) is 0 Å². The Morgan fingerprint density at radius 3 is 2.76 bits per heavy atom.